The van der Waals surface area contributed by atoms with Crippen LogP contribution in [-0.2, 0) is 9.53 Å². The molecule has 1 aliphatic rings. The van der Waals surface area contributed by atoms with Crippen molar-refractivity contribution in [2.45, 2.75) is 25.3 Å². The van der Waals surface area contributed by atoms with Crippen LogP contribution in [-0.4, -0.2) is 31.7 Å². The molecule has 3 atom stereocenters. The van der Waals surface area contributed by atoms with E-state index in [4.69, 9.17) is 10.5 Å². The number of rotatable bonds is 5. The van der Waals surface area contributed by atoms with Gasteiger partial charge in [-0.05, 0) is 17.9 Å². The quantitative estimate of drug-likeness (QED) is 0.840. The monoisotopic (exact) mass is 262 g/mol. The molecule has 0 bridgehead atoms. The van der Waals surface area contributed by atoms with Crippen molar-refractivity contribution in [3.63, 3.8) is 0 Å². The molecule has 4 nitrogen and oxygen atoms in total. The number of carbonyl (C=O) groups excluding carboxylic acids is 1. The highest BCUT2D eigenvalue weighted by atomic mass is 16.5. The van der Waals surface area contributed by atoms with Gasteiger partial charge in [0.05, 0.1) is 19.1 Å². The van der Waals surface area contributed by atoms with E-state index in [-0.39, 0.29) is 17.9 Å². The van der Waals surface area contributed by atoms with Gasteiger partial charge in [0.2, 0.25) is 5.91 Å². The van der Waals surface area contributed by atoms with E-state index in [0.717, 1.165) is 6.42 Å². The lowest BCUT2D eigenvalue weighted by Gasteiger charge is -2.15. The van der Waals surface area contributed by atoms with E-state index >= 15 is 0 Å². The molecule has 3 unspecified atom stereocenters. The maximum Gasteiger partial charge on any atom is 0.227 e. The molecule has 1 aromatic carbocycles. The average molecular weight is 262 g/mol. The number of hydrogen-bond donors (Lipinski definition) is 2. The number of carbonyl (C=O) groups is 1. The molecule has 104 valence electrons. The van der Waals surface area contributed by atoms with E-state index in [2.05, 4.69) is 24.4 Å². The van der Waals surface area contributed by atoms with Gasteiger partial charge in [0.15, 0.2) is 0 Å². The summed E-state index contributed by atoms with van der Waals surface area (Å²) in [4.78, 5) is 11.9. The third kappa shape index (κ3) is 3.78. The van der Waals surface area contributed by atoms with Crippen molar-refractivity contribution in [2.75, 3.05) is 19.8 Å². The van der Waals surface area contributed by atoms with Crippen molar-refractivity contribution >= 4 is 5.91 Å². The van der Waals surface area contributed by atoms with Crippen LogP contribution >= 0.6 is 0 Å². The summed E-state index contributed by atoms with van der Waals surface area (Å²) in [7, 11) is 0. The fourth-order valence-electron chi connectivity index (χ4n) is 2.33. The van der Waals surface area contributed by atoms with Crippen LogP contribution in [0.4, 0.5) is 0 Å². The van der Waals surface area contributed by atoms with Crippen LogP contribution in [0.25, 0.3) is 0 Å². The molecular formula is C15H22N2O2. The van der Waals surface area contributed by atoms with E-state index in [9.17, 15) is 4.79 Å². The summed E-state index contributed by atoms with van der Waals surface area (Å²) in [5, 5.41) is 2.96. The Morgan fingerprint density at radius 1 is 1.42 bits per heavy atom. The number of nitrogens with two attached hydrogens (primary N) is 1. The molecule has 1 amide bonds. The molecule has 2 rings (SSSR count). The first-order valence-corrected chi connectivity index (χ1v) is 6.84. The first-order valence-electron chi connectivity index (χ1n) is 6.84. The molecule has 0 aliphatic carbocycles. The predicted octanol–water partition coefficient (Wildman–Crippen LogP) is 1.27. The Morgan fingerprint density at radius 2 is 2.16 bits per heavy atom. The van der Waals surface area contributed by atoms with Crippen molar-refractivity contribution in [3.05, 3.63) is 35.9 Å². The van der Waals surface area contributed by atoms with Crippen molar-refractivity contribution in [1.29, 1.82) is 0 Å². The van der Waals surface area contributed by atoms with E-state index in [0.29, 0.717) is 25.7 Å². The van der Waals surface area contributed by atoms with Crippen LogP contribution in [0.1, 0.15) is 24.8 Å². The van der Waals surface area contributed by atoms with E-state index < -0.39 is 0 Å². The van der Waals surface area contributed by atoms with Gasteiger partial charge in [0, 0.05) is 12.6 Å². The second-order valence-electron chi connectivity index (χ2n) is 5.20. The molecule has 1 aromatic rings. The van der Waals surface area contributed by atoms with Gasteiger partial charge < -0.3 is 15.8 Å². The Hall–Kier alpha value is -1.39. The molecule has 0 radical (unpaired) electrons. The zero-order valence-corrected chi connectivity index (χ0v) is 11.3. The Bertz CT molecular complexity index is 408. The molecule has 19 heavy (non-hydrogen) atoms. The van der Waals surface area contributed by atoms with Gasteiger partial charge >= 0.3 is 0 Å². The largest absolute Gasteiger partial charge is 0.379 e. The minimum absolute atomic E-state index is 0.0188. The fourth-order valence-corrected chi connectivity index (χ4v) is 2.33. The molecular weight excluding hydrogens is 240 g/mol. The summed E-state index contributed by atoms with van der Waals surface area (Å²) in [6.07, 6.45) is 0.929. The third-order valence-electron chi connectivity index (χ3n) is 3.71. The second-order valence-corrected chi connectivity index (χ2v) is 5.20. The molecule has 0 aromatic heterocycles. The molecule has 1 saturated heterocycles. The third-order valence-corrected chi connectivity index (χ3v) is 3.71. The van der Waals surface area contributed by atoms with Gasteiger partial charge in [0.25, 0.3) is 0 Å². The molecule has 1 heterocycles. The van der Waals surface area contributed by atoms with E-state index in [1.54, 1.807) is 0 Å². The highest BCUT2D eigenvalue weighted by Gasteiger charge is 2.30. The van der Waals surface area contributed by atoms with Gasteiger partial charge in [-0.15, -0.1) is 0 Å². The highest BCUT2D eigenvalue weighted by Crippen LogP contribution is 2.18. The van der Waals surface area contributed by atoms with Crippen molar-refractivity contribution in [2.24, 2.45) is 11.7 Å². The van der Waals surface area contributed by atoms with E-state index in [1.807, 2.05) is 18.2 Å². The molecule has 1 aliphatic heterocycles. The normalized spacial score (nSPS) is 24.1. The lowest BCUT2D eigenvalue weighted by Crippen LogP contribution is -2.41. The summed E-state index contributed by atoms with van der Waals surface area (Å²) < 4.78 is 5.20. The van der Waals surface area contributed by atoms with Crippen LogP contribution < -0.4 is 11.1 Å². The maximum atomic E-state index is 11.9. The zero-order valence-electron chi connectivity index (χ0n) is 11.3. The number of hydrogen-bond acceptors (Lipinski definition) is 3. The Kier molecular flexibility index (Phi) is 4.93. The van der Waals surface area contributed by atoms with Gasteiger partial charge in [-0.2, -0.15) is 0 Å². The van der Waals surface area contributed by atoms with Crippen LogP contribution in [0.3, 0.4) is 0 Å². The first-order chi connectivity index (χ1) is 9.18. The first kappa shape index (κ1) is 14.0. The van der Waals surface area contributed by atoms with Gasteiger partial charge in [-0.3, -0.25) is 4.79 Å². The lowest BCUT2D eigenvalue weighted by molar-refractivity contribution is -0.125. The SMILES string of the molecule is CC(CCNC(=O)C1COCC1N)c1ccccc1. The number of nitrogens with one attached hydrogen (secondary N) is 1. The number of amides is 1. The van der Waals surface area contributed by atoms with Gasteiger partial charge in [-0.25, -0.2) is 0 Å². The summed E-state index contributed by atoms with van der Waals surface area (Å²) in [6, 6.07) is 10.2. The molecule has 1 fully saturated rings. The van der Waals surface area contributed by atoms with Crippen LogP contribution in [0, 0.1) is 5.92 Å². The molecule has 0 saturated carbocycles. The highest BCUT2D eigenvalue weighted by molar-refractivity contribution is 5.79. The van der Waals surface area contributed by atoms with Gasteiger partial charge in [0.1, 0.15) is 0 Å². The summed E-state index contributed by atoms with van der Waals surface area (Å²) in [5.41, 5.74) is 7.12. The fraction of sp³-hybridized carbons (Fsp3) is 0.533. The zero-order chi connectivity index (χ0) is 13.7. The lowest BCUT2D eigenvalue weighted by atomic mass is 9.97. The number of benzene rings is 1. The van der Waals surface area contributed by atoms with Crippen LogP contribution in [0.15, 0.2) is 30.3 Å². The Labute approximate surface area is 114 Å². The van der Waals surface area contributed by atoms with Gasteiger partial charge in [-0.1, -0.05) is 37.3 Å². The molecule has 3 N–H and O–H groups in total. The summed E-state index contributed by atoms with van der Waals surface area (Å²) in [6.45, 7) is 3.78. The van der Waals surface area contributed by atoms with Crippen molar-refractivity contribution in [3.8, 4) is 0 Å². The van der Waals surface area contributed by atoms with E-state index in [1.165, 1.54) is 5.56 Å². The average Bonchev–Trinajstić information content (AvgIpc) is 2.86. The summed E-state index contributed by atoms with van der Waals surface area (Å²) >= 11 is 0. The van der Waals surface area contributed by atoms with Crippen molar-refractivity contribution < 1.29 is 9.53 Å². The second kappa shape index (κ2) is 6.68. The maximum absolute atomic E-state index is 11.9. The number of ether oxygens (including phenoxy) is 1. The minimum Gasteiger partial charge on any atom is -0.379 e. The topological polar surface area (TPSA) is 64.3 Å². The Morgan fingerprint density at radius 3 is 2.79 bits per heavy atom. The molecule has 0 spiro atoms. The van der Waals surface area contributed by atoms with Crippen molar-refractivity contribution in [1.82, 2.24) is 5.32 Å². The van der Waals surface area contributed by atoms with Crippen LogP contribution in [0.2, 0.25) is 0 Å². The Balaban J connectivity index is 1.73. The summed E-state index contributed by atoms with van der Waals surface area (Å²) in [5.74, 6) is 0.271. The standard InChI is InChI=1S/C15H22N2O2/c1-11(12-5-3-2-4-6-12)7-8-17-15(18)13-9-19-10-14(13)16/h2-6,11,13-14H,7-10,16H2,1H3,(H,17,18). The smallest absolute Gasteiger partial charge is 0.227 e. The minimum atomic E-state index is -0.188. The predicted molar refractivity (Wildman–Crippen MR) is 74.8 cm³/mol. The molecule has 4 heteroatoms. The van der Waals surface area contributed by atoms with Crippen LogP contribution in [0.5, 0.6) is 0 Å².